The van der Waals surface area contributed by atoms with E-state index < -0.39 is 0 Å². The van der Waals surface area contributed by atoms with Crippen molar-refractivity contribution in [2.45, 2.75) is 33.4 Å². The normalized spacial score (nSPS) is 15.9. The van der Waals surface area contributed by atoms with Crippen molar-refractivity contribution in [1.29, 1.82) is 0 Å². The summed E-state index contributed by atoms with van der Waals surface area (Å²) >= 11 is 0. The molecule has 1 atom stereocenters. The fourth-order valence-electron chi connectivity index (χ4n) is 3.98. The molecule has 0 saturated carbocycles. The van der Waals surface area contributed by atoms with Gasteiger partial charge in [0.2, 0.25) is 5.91 Å². The van der Waals surface area contributed by atoms with Crippen molar-refractivity contribution < 1.29 is 9.59 Å². The summed E-state index contributed by atoms with van der Waals surface area (Å²) in [5, 5.41) is 7.30. The zero-order chi connectivity index (χ0) is 21.8. The average molecular weight is 421 g/mol. The van der Waals surface area contributed by atoms with E-state index in [0.717, 1.165) is 17.1 Å². The predicted molar refractivity (Wildman–Crippen MR) is 116 cm³/mol. The zero-order valence-corrected chi connectivity index (χ0v) is 18.0. The molecule has 3 heterocycles. The van der Waals surface area contributed by atoms with Crippen molar-refractivity contribution >= 4 is 11.8 Å². The van der Waals surface area contributed by atoms with Crippen LogP contribution in [-0.2, 0) is 17.9 Å². The minimum atomic E-state index is -0.175. The number of amides is 2. The van der Waals surface area contributed by atoms with Crippen LogP contribution in [0.3, 0.4) is 0 Å². The van der Waals surface area contributed by atoms with Gasteiger partial charge in [-0.3, -0.25) is 14.3 Å². The molecule has 1 aliphatic rings. The van der Waals surface area contributed by atoms with Crippen molar-refractivity contribution in [2.24, 2.45) is 5.92 Å². The van der Waals surface area contributed by atoms with Gasteiger partial charge in [-0.2, -0.15) is 5.10 Å². The smallest absolute Gasteiger partial charge is 0.254 e. The Kier molecular flexibility index (Phi) is 6.16. The topological polar surface area (TPSA) is 85.0 Å². The van der Waals surface area contributed by atoms with E-state index in [1.165, 1.54) is 0 Å². The molecule has 0 spiro atoms. The summed E-state index contributed by atoms with van der Waals surface area (Å²) in [4.78, 5) is 31.8. The summed E-state index contributed by atoms with van der Waals surface area (Å²) in [5.41, 5.74) is 2.60. The van der Waals surface area contributed by atoms with Gasteiger partial charge in [-0.05, 0) is 38.0 Å². The molecule has 162 valence electrons. The molecule has 31 heavy (non-hydrogen) atoms. The number of hydrogen-bond acceptors (Lipinski definition) is 4. The first kappa shape index (κ1) is 20.8. The maximum Gasteiger partial charge on any atom is 0.254 e. The lowest BCUT2D eigenvalue weighted by Gasteiger charge is -2.19. The van der Waals surface area contributed by atoms with Crippen LogP contribution in [0.15, 0.2) is 48.9 Å². The van der Waals surface area contributed by atoms with Crippen molar-refractivity contribution in [3.05, 3.63) is 71.6 Å². The second kappa shape index (κ2) is 9.16. The molecule has 8 nitrogen and oxygen atoms in total. The minimum absolute atomic E-state index is 0.00139. The first-order chi connectivity index (χ1) is 15.0. The van der Waals surface area contributed by atoms with E-state index in [4.69, 9.17) is 0 Å². The number of aromatic nitrogens is 4. The average Bonchev–Trinajstić information content (AvgIpc) is 3.50. The third-order valence-corrected chi connectivity index (χ3v) is 5.77. The van der Waals surface area contributed by atoms with Crippen LogP contribution < -0.4 is 5.32 Å². The molecule has 0 radical (unpaired) electrons. The van der Waals surface area contributed by atoms with Crippen molar-refractivity contribution in [2.75, 3.05) is 19.6 Å². The monoisotopic (exact) mass is 420 g/mol. The molecule has 2 amide bonds. The van der Waals surface area contributed by atoms with E-state index in [2.05, 4.69) is 15.4 Å². The van der Waals surface area contributed by atoms with Crippen LogP contribution in [0, 0.1) is 19.8 Å². The maximum absolute atomic E-state index is 13.2. The van der Waals surface area contributed by atoms with Gasteiger partial charge in [-0.25, -0.2) is 4.98 Å². The number of likely N-dealkylation sites (tertiary alicyclic amines) is 1. The highest BCUT2D eigenvalue weighted by atomic mass is 16.2. The van der Waals surface area contributed by atoms with Gasteiger partial charge in [0, 0.05) is 50.3 Å². The molecule has 8 heteroatoms. The van der Waals surface area contributed by atoms with E-state index >= 15 is 0 Å². The van der Waals surface area contributed by atoms with Gasteiger partial charge in [0.05, 0.1) is 18.2 Å². The highest BCUT2D eigenvalue weighted by Crippen LogP contribution is 2.21. The Morgan fingerprint density at radius 1 is 1.16 bits per heavy atom. The van der Waals surface area contributed by atoms with E-state index in [1.54, 1.807) is 11.1 Å². The van der Waals surface area contributed by atoms with Crippen molar-refractivity contribution in [3.8, 4) is 0 Å². The molecule has 4 rings (SSSR count). The predicted octanol–water partition coefficient (Wildman–Crippen LogP) is 2.02. The van der Waals surface area contributed by atoms with Crippen LogP contribution in [0.1, 0.15) is 33.9 Å². The summed E-state index contributed by atoms with van der Waals surface area (Å²) in [6.07, 6.45) is 6.26. The van der Waals surface area contributed by atoms with Crippen LogP contribution in [-0.4, -0.2) is 55.7 Å². The first-order valence-corrected chi connectivity index (χ1v) is 10.6. The Bertz CT molecular complexity index is 1070. The Morgan fingerprint density at radius 3 is 2.74 bits per heavy atom. The highest BCUT2D eigenvalue weighted by Gasteiger charge is 2.32. The number of nitrogens with one attached hydrogen (secondary N) is 1. The van der Waals surface area contributed by atoms with Gasteiger partial charge in [0.25, 0.3) is 5.91 Å². The molecule has 1 aromatic carbocycles. The fourth-order valence-corrected chi connectivity index (χ4v) is 3.98. The lowest BCUT2D eigenvalue weighted by Crippen LogP contribution is -2.36. The number of rotatable bonds is 7. The quantitative estimate of drug-likeness (QED) is 0.634. The van der Waals surface area contributed by atoms with Crippen LogP contribution in [0.25, 0.3) is 0 Å². The summed E-state index contributed by atoms with van der Waals surface area (Å²) < 4.78 is 3.84. The van der Waals surface area contributed by atoms with Crippen LogP contribution >= 0.6 is 0 Å². The molecular formula is C23H28N6O2. The SMILES string of the molecule is Cc1ccn(CCNC(=O)C2CCN(C(=O)c3ccccc3Cn3ccnc3C)C2)n1. The van der Waals surface area contributed by atoms with Crippen molar-refractivity contribution in [1.82, 2.24) is 29.5 Å². The van der Waals surface area contributed by atoms with Gasteiger partial charge < -0.3 is 14.8 Å². The molecule has 3 aromatic rings. The van der Waals surface area contributed by atoms with E-state index in [0.29, 0.717) is 44.7 Å². The van der Waals surface area contributed by atoms with Crippen LogP contribution in [0.2, 0.25) is 0 Å². The van der Waals surface area contributed by atoms with E-state index in [1.807, 2.05) is 65.8 Å². The number of aryl methyl sites for hydroxylation is 2. The molecule has 1 fully saturated rings. The standard InChI is InChI=1S/C23H28N6O2/c1-17-7-12-29(26-17)14-10-25-22(30)20-8-11-28(16-20)23(31)21-6-4-3-5-19(21)15-27-13-9-24-18(27)2/h3-7,9,12-13,20H,8,10-11,14-16H2,1-2H3,(H,25,30). The zero-order valence-electron chi connectivity index (χ0n) is 18.0. The molecular weight excluding hydrogens is 392 g/mol. The maximum atomic E-state index is 13.2. The second-order valence-corrected chi connectivity index (χ2v) is 8.01. The molecule has 1 unspecified atom stereocenters. The summed E-state index contributed by atoms with van der Waals surface area (Å²) in [5.74, 6) is 0.717. The Balaban J connectivity index is 1.34. The van der Waals surface area contributed by atoms with Gasteiger partial charge in [0.15, 0.2) is 0 Å². The van der Waals surface area contributed by atoms with Crippen LogP contribution in [0.4, 0.5) is 0 Å². The summed E-state index contributed by atoms with van der Waals surface area (Å²) in [7, 11) is 0. The fraction of sp³-hybridized carbons (Fsp3) is 0.391. The lowest BCUT2D eigenvalue weighted by atomic mass is 10.1. The number of nitrogens with zero attached hydrogens (tertiary/aromatic N) is 5. The number of carbonyl (C=O) groups is 2. The number of benzene rings is 1. The Labute approximate surface area is 181 Å². The Hall–Kier alpha value is -3.42. The van der Waals surface area contributed by atoms with Crippen LogP contribution in [0.5, 0.6) is 0 Å². The summed E-state index contributed by atoms with van der Waals surface area (Å²) in [6.45, 7) is 6.68. The number of hydrogen-bond donors (Lipinski definition) is 1. The third-order valence-electron chi connectivity index (χ3n) is 5.77. The Morgan fingerprint density at radius 2 is 2.00 bits per heavy atom. The molecule has 1 aliphatic heterocycles. The molecule has 2 aromatic heterocycles. The summed E-state index contributed by atoms with van der Waals surface area (Å²) in [6, 6.07) is 9.61. The van der Waals surface area contributed by atoms with E-state index in [9.17, 15) is 9.59 Å². The van der Waals surface area contributed by atoms with Gasteiger partial charge in [0.1, 0.15) is 5.82 Å². The first-order valence-electron chi connectivity index (χ1n) is 10.6. The minimum Gasteiger partial charge on any atom is -0.354 e. The molecule has 1 N–H and O–H groups in total. The largest absolute Gasteiger partial charge is 0.354 e. The van der Waals surface area contributed by atoms with Gasteiger partial charge in [-0.15, -0.1) is 0 Å². The molecule has 1 saturated heterocycles. The molecule has 0 bridgehead atoms. The number of imidazole rings is 1. The molecule has 0 aliphatic carbocycles. The lowest BCUT2D eigenvalue weighted by molar-refractivity contribution is -0.124. The highest BCUT2D eigenvalue weighted by molar-refractivity contribution is 5.96. The number of carbonyl (C=O) groups excluding carboxylic acids is 2. The second-order valence-electron chi connectivity index (χ2n) is 8.01. The third kappa shape index (κ3) is 4.84. The van der Waals surface area contributed by atoms with E-state index in [-0.39, 0.29) is 17.7 Å². The van der Waals surface area contributed by atoms with Gasteiger partial charge in [-0.1, -0.05) is 18.2 Å². The van der Waals surface area contributed by atoms with Crippen molar-refractivity contribution in [3.63, 3.8) is 0 Å². The van der Waals surface area contributed by atoms with Gasteiger partial charge >= 0.3 is 0 Å².